The van der Waals surface area contributed by atoms with Crippen molar-refractivity contribution in [2.75, 3.05) is 12.4 Å². The van der Waals surface area contributed by atoms with E-state index in [2.05, 4.69) is 15.0 Å². The SMILES string of the molecule is COC(=O)c1ccc(Nc2nc(-c3cccn(C)c3=O)ccc2[N+](=O)[O-])cc1. The molecule has 2 heterocycles. The van der Waals surface area contributed by atoms with Gasteiger partial charge in [0.25, 0.3) is 5.56 Å². The van der Waals surface area contributed by atoms with Gasteiger partial charge in [-0.05, 0) is 42.5 Å². The Morgan fingerprint density at radius 2 is 1.89 bits per heavy atom. The Morgan fingerprint density at radius 3 is 2.54 bits per heavy atom. The van der Waals surface area contributed by atoms with Crippen molar-refractivity contribution in [1.82, 2.24) is 9.55 Å². The molecule has 0 fully saturated rings. The summed E-state index contributed by atoms with van der Waals surface area (Å²) in [5.74, 6) is -0.503. The number of aromatic nitrogens is 2. The number of nitrogens with one attached hydrogen (secondary N) is 1. The van der Waals surface area contributed by atoms with Gasteiger partial charge in [0, 0.05) is 25.0 Å². The topological polar surface area (TPSA) is 116 Å². The predicted octanol–water partition coefficient (Wildman–Crippen LogP) is 2.89. The van der Waals surface area contributed by atoms with Crippen molar-refractivity contribution in [3.8, 4) is 11.3 Å². The molecule has 1 N–H and O–H groups in total. The maximum atomic E-state index is 12.3. The second-order valence-electron chi connectivity index (χ2n) is 5.85. The molecule has 0 spiro atoms. The van der Waals surface area contributed by atoms with Crippen LogP contribution in [-0.2, 0) is 11.8 Å². The lowest BCUT2D eigenvalue weighted by atomic mass is 10.1. The summed E-state index contributed by atoms with van der Waals surface area (Å²) in [5.41, 5.74) is 0.952. The number of hydrogen-bond acceptors (Lipinski definition) is 7. The molecule has 0 aliphatic rings. The normalized spacial score (nSPS) is 10.4. The molecule has 9 nitrogen and oxygen atoms in total. The molecule has 1 aromatic carbocycles. The van der Waals surface area contributed by atoms with Crippen LogP contribution in [0.25, 0.3) is 11.3 Å². The first kappa shape index (κ1) is 18.8. The van der Waals surface area contributed by atoms with Crippen LogP contribution in [0.15, 0.2) is 59.5 Å². The Bertz CT molecular complexity index is 1110. The van der Waals surface area contributed by atoms with E-state index in [1.54, 1.807) is 37.5 Å². The summed E-state index contributed by atoms with van der Waals surface area (Å²) in [6.07, 6.45) is 1.61. The number of hydrogen-bond donors (Lipinski definition) is 1. The molecule has 0 radical (unpaired) electrons. The number of rotatable bonds is 5. The number of methoxy groups -OCH3 is 1. The van der Waals surface area contributed by atoms with E-state index in [0.29, 0.717) is 22.5 Å². The van der Waals surface area contributed by atoms with Crippen LogP contribution in [0, 0.1) is 10.1 Å². The standard InChI is InChI=1S/C19H16N4O5/c1-22-11-3-4-14(18(22)24)15-9-10-16(23(26)27)17(21-15)20-13-7-5-12(6-8-13)19(25)28-2/h3-11H,1-2H3,(H,20,21). The molecular weight excluding hydrogens is 364 g/mol. The van der Waals surface area contributed by atoms with Gasteiger partial charge < -0.3 is 14.6 Å². The van der Waals surface area contributed by atoms with Crippen LogP contribution in [0.1, 0.15) is 10.4 Å². The monoisotopic (exact) mass is 380 g/mol. The first-order chi connectivity index (χ1) is 13.4. The molecule has 0 saturated carbocycles. The first-order valence-corrected chi connectivity index (χ1v) is 8.17. The van der Waals surface area contributed by atoms with Crippen molar-refractivity contribution < 1.29 is 14.5 Å². The molecule has 3 rings (SSSR count). The minimum absolute atomic E-state index is 0.0146. The zero-order valence-electron chi connectivity index (χ0n) is 15.1. The third-order valence-corrected chi connectivity index (χ3v) is 4.04. The van der Waals surface area contributed by atoms with E-state index in [-0.39, 0.29) is 17.1 Å². The maximum Gasteiger partial charge on any atom is 0.337 e. The van der Waals surface area contributed by atoms with Crippen LogP contribution < -0.4 is 10.9 Å². The van der Waals surface area contributed by atoms with Crippen LogP contribution >= 0.6 is 0 Å². The number of nitrogens with zero attached hydrogens (tertiary/aromatic N) is 3. The fourth-order valence-corrected chi connectivity index (χ4v) is 2.58. The molecule has 0 atom stereocenters. The predicted molar refractivity (Wildman–Crippen MR) is 103 cm³/mol. The number of esters is 1. The number of ether oxygens (including phenoxy) is 1. The fourth-order valence-electron chi connectivity index (χ4n) is 2.58. The lowest BCUT2D eigenvalue weighted by Crippen LogP contribution is -2.17. The number of anilines is 2. The number of aryl methyl sites for hydroxylation is 1. The Labute approximate surface area is 159 Å². The van der Waals surface area contributed by atoms with Crippen molar-refractivity contribution in [3.63, 3.8) is 0 Å². The van der Waals surface area contributed by atoms with Gasteiger partial charge in [0.05, 0.1) is 28.9 Å². The van der Waals surface area contributed by atoms with Crippen LogP contribution in [0.2, 0.25) is 0 Å². The number of carbonyl (C=O) groups excluding carboxylic acids is 1. The van der Waals surface area contributed by atoms with E-state index >= 15 is 0 Å². The van der Waals surface area contributed by atoms with Crippen molar-refractivity contribution in [3.05, 3.63) is 80.8 Å². The van der Waals surface area contributed by atoms with E-state index in [4.69, 9.17) is 0 Å². The summed E-state index contributed by atoms with van der Waals surface area (Å²) in [7, 11) is 2.89. The molecule has 0 unspecified atom stereocenters. The van der Waals surface area contributed by atoms with E-state index < -0.39 is 10.9 Å². The molecule has 2 aromatic heterocycles. The molecule has 0 bridgehead atoms. The minimum atomic E-state index is -0.564. The third-order valence-electron chi connectivity index (χ3n) is 4.04. The molecule has 9 heteroatoms. The smallest absolute Gasteiger partial charge is 0.337 e. The van der Waals surface area contributed by atoms with Crippen molar-refractivity contribution in [1.29, 1.82) is 0 Å². The van der Waals surface area contributed by atoms with Gasteiger partial charge in [-0.1, -0.05) is 0 Å². The summed E-state index contributed by atoms with van der Waals surface area (Å²) < 4.78 is 6.04. The summed E-state index contributed by atoms with van der Waals surface area (Å²) in [4.78, 5) is 38.9. The molecule has 142 valence electrons. The number of pyridine rings is 2. The van der Waals surface area contributed by atoms with Crippen LogP contribution in [0.3, 0.4) is 0 Å². The van der Waals surface area contributed by atoms with Gasteiger partial charge in [-0.15, -0.1) is 0 Å². The van der Waals surface area contributed by atoms with E-state index in [1.165, 1.54) is 35.9 Å². The number of benzene rings is 1. The van der Waals surface area contributed by atoms with Gasteiger partial charge in [0.2, 0.25) is 5.82 Å². The Kier molecular flexibility index (Phi) is 5.16. The highest BCUT2D eigenvalue weighted by atomic mass is 16.6. The van der Waals surface area contributed by atoms with Gasteiger partial charge in [-0.25, -0.2) is 9.78 Å². The van der Waals surface area contributed by atoms with Crippen molar-refractivity contribution in [2.45, 2.75) is 0 Å². The van der Waals surface area contributed by atoms with Gasteiger partial charge in [0.15, 0.2) is 0 Å². The van der Waals surface area contributed by atoms with E-state index in [1.807, 2.05) is 0 Å². The second-order valence-corrected chi connectivity index (χ2v) is 5.85. The van der Waals surface area contributed by atoms with Crippen LogP contribution in [-0.4, -0.2) is 27.6 Å². The molecule has 28 heavy (non-hydrogen) atoms. The average Bonchev–Trinajstić information content (AvgIpc) is 2.70. The molecule has 0 aliphatic heterocycles. The Morgan fingerprint density at radius 1 is 1.18 bits per heavy atom. The Hall–Kier alpha value is -4.01. The first-order valence-electron chi connectivity index (χ1n) is 8.17. The zero-order valence-corrected chi connectivity index (χ0v) is 15.1. The molecule has 3 aromatic rings. The highest BCUT2D eigenvalue weighted by Gasteiger charge is 2.18. The quantitative estimate of drug-likeness (QED) is 0.411. The second kappa shape index (κ2) is 7.70. The van der Waals surface area contributed by atoms with Gasteiger partial charge in [-0.2, -0.15) is 0 Å². The van der Waals surface area contributed by atoms with Crippen molar-refractivity contribution >= 4 is 23.2 Å². The lowest BCUT2D eigenvalue weighted by Gasteiger charge is -2.09. The minimum Gasteiger partial charge on any atom is -0.465 e. The summed E-state index contributed by atoms with van der Waals surface area (Å²) >= 11 is 0. The summed E-state index contributed by atoms with van der Waals surface area (Å²) in [6, 6.07) is 12.2. The third kappa shape index (κ3) is 3.73. The highest BCUT2D eigenvalue weighted by molar-refractivity contribution is 5.89. The fraction of sp³-hybridized carbons (Fsp3) is 0.105. The molecule has 0 aliphatic carbocycles. The molecule has 0 saturated heterocycles. The summed E-state index contributed by atoms with van der Waals surface area (Å²) in [6.45, 7) is 0. The average molecular weight is 380 g/mol. The van der Waals surface area contributed by atoms with Gasteiger partial charge in [-0.3, -0.25) is 14.9 Å². The van der Waals surface area contributed by atoms with Gasteiger partial charge >= 0.3 is 11.7 Å². The largest absolute Gasteiger partial charge is 0.465 e. The molecule has 0 amide bonds. The van der Waals surface area contributed by atoms with Crippen LogP contribution in [0.4, 0.5) is 17.2 Å². The number of carbonyl (C=O) groups is 1. The number of nitro groups is 1. The zero-order chi connectivity index (χ0) is 20.3. The Balaban J connectivity index is 2.01. The van der Waals surface area contributed by atoms with E-state index in [0.717, 1.165) is 0 Å². The lowest BCUT2D eigenvalue weighted by molar-refractivity contribution is -0.384. The summed E-state index contributed by atoms with van der Waals surface area (Å²) in [5, 5.41) is 14.2. The van der Waals surface area contributed by atoms with Crippen LogP contribution in [0.5, 0.6) is 0 Å². The van der Waals surface area contributed by atoms with Crippen molar-refractivity contribution in [2.24, 2.45) is 7.05 Å². The molecular formula is C19H16N4O5. The highest BCUT2D eigenvalue weighted by Crippen LogP contribution is 2.28. The van der Waals surface area contributed by atoms with E-state index in [9.17, 15) is 19.7 Å². The van der Waals surface area contributed by atoms with Gasteiger partial charge in [0.1, 0.15) is 0 Å². The maximum absolute atomic E-state index is 12.3.